The normalized spacial score (nSPS) is 12.9. The maximum atomic E-state index is 10.8. The summed E-state index contributed by atoms with van der Waals surface area (Å²) < 4.78 is 10.8. The van der Waals surface area contributed by atoms with Gasteiger partial charge in [0.1, 0.15) is 11.5 Å². The van der Waals surface area contributed by atoms with E-state index in [0.717, 1.165) is 5.56 Å². The molecule has 20 heavy (non-hydrogen) atoms. The molecular weight excluding hydrogens is 258 g/mol. The fraction of sp³-hybridized carbons (Fsp3) is 0.533. The molecule has 0 bridgehead atoms. The van der Waals surface area contributed by atoms with Crippen LogP contribution in [-0.2, 0) is 10.2 Å². The van der Waals surface area contributed by atoms with Gasteiger partial charge in [-0.05, 0) is 17.5 Å². The average molecular weight is 281 g/mol. The highest BCUT2D eigenvalue weighted by Crippen LogP contribution is 2.38. The number of benzene rings is 1. The van der Waals surface area contributed by atoms with E-state index in [-0.39, 0.29) is 11.8 Å². The molecule has 5 heteroatoms. The number of nitrogens with two attached hydrogens (primary N) is 1. The number of carboxylic acid groups (broad SMARTS) is 1. The molecule has 112 valence electrons. The van der Waals surface area contributed by atoms with E-state index in [1.807, 2.05) is 6.07 Å². The lowest BCUT2D eigenvalue weighted by Crippen LogP contribution is -2.18. The zero-order valence-electron chi connectivity index (χ0n) is 12.7. The first-order chi connectivity index (χ1) is 9.20. The summed E-state index contributed by atoms with van der Waals surface area (Å²) in [5.74, 6) is 0.331. The van der Waals surface area contributed by atoms with Gasteiger partial charge in [-0.2, -0.15) is 0 Å². The van der Waals surface area contributed by atoms with Crippen LogP contribution < -0.4 is 15.2 Å². The maximum absolute atomic E-state index is 10.8. The smallest absolute Gasteiger partial charge is 0.305 e. The van der Waals surface area contributed by atoms with Gasteiger partial charge in [-0.15, -0.1) is 0 Å². The van der Waals surface area contributed by atoms with Gasteiger partial charge < -0.3 is 20.3 Å². The van der Waals surface area contributed by atoms with Crippen LogP contribution in [0.1, 0.15) is 44.4 Å². The topological polar surface area (TPSA) is 81.8 Å². The van der Waals surface area contributed by atoms with Crippen LogP contribution in [0.15, 0.2) is 12.1 Å². The molecule has 0 heterocycles. The number of carboxylic acids is 1. The van der Waals surface area contributed by atoms with E-state index in [4.69, 9.17) is 20.3 Å². The van der Waals surface area contributed by atoms with E-state index >= 15 is 0 Å². The minimum atomic E-state index is -0.946. The summed E-state index contributed by atoms with van der Waals surface area (Å²) in [7, 11) is 3.13. The van der Waals surface area contributed by atoms with E-state index < -0.39 is 12.0 Å². The highest BCUT2D eigenvalue weighted by atomic mass is 16.5. The molecule has 0 saturated carbocycles. The first kappa shape index (κ1) is 16.3. The summed E-state index contributed by atoms with van der Waals surface area (Å²) in [6.45, 7) is 6.21. The Morgan fingerprint density at radius 1 is 1.25 bits per heavy atom. The van der Waals surface area contributed by atoms with Crippen LogP contribution in [0, 0.1) is 0 Å². The number of aliphatic carboxylic acids is 1. The average Bonchev–Trinajstić information content (AvgIpc) is 2.35. The van der Waals surface area contributed by atoms with Crippen molar-refractivity contribution in [3.05, 3.63) is 23.3 Å². The lowest BCUT2D eigenvalue weighted by molar-refractivity contribution is -0.137. The van der Waals surface area contributed by atoms with Crippen molar-refractivity contribution in [2.24, 2.45) is 5.73 Å². The molecule has 0 aliphatic heterocycles. The van der Waals surface area contributed by atoms with Gasteiger partial charge in [0, 0.05) is 17.2 Å². The summed E-state index contributed by atoms with van der Waals surface area (Å²) in [4.78, 5) is 10.8. The second-order valence-electron chi connectivity index (χ2n) is 5.75. The Kier molecular flexibility index (Phi) is 5.00. The second kappa shape index (κ2) is 6.13. The van der Waals surface area contributed by atoms with Crippen molar-refractivity contribution in [1.82, 2.24) is 0 Å². The van der Waals surface area contributed by atoms with Crippen molar-refractivity contribution < 1.29 is 19.4 Å². The summed E-state index contributed by atoms with van der Waals surface area (Å²) in [5.41, 5.74) is 7.45. The first-order valence-electron chi connectivity index (χ1n) is 6.44. The molecule has 0 fully saturated rings. The summed E-state index contributed by atoms with van der Waals surface area (Å²) >= 11 is 0. The fourth-order valence-corrected chi connectivity index (χ4v) is 2.10. The summed E-state index contributed by atoms with van der Waals surface area (Å²) in [6.07, 6.45) is -0.158. The standard InChI is InChI=1S/C15H23NO4/c1-15(2,3)10-7-12(19-4)9(6-13(10)20-5)11(16)8-14(17)18/h6-7,11H,8,16H2,1-5H3,(H,17,18). The molecule has 3 N–H and O–H groups in total. The minimum Gasteiger partial charge on any atom is -0.496 e. The number of methoxy groups -OCH3 is 2. The maximum Gasteiger partial charge on any atom is 0.305 e. The van der Waals surface area contributed by atoms with E-state index in [2.05, 4.69) is 20.8 Å². The Balaban J connectivity index is 3.36. The largest absolute Gasteiger partial charge is 0.496 e. The summed E-state index contributed by atoms with van der Waals surface area (Å²) in [6, 6.07) is 3.01. The van der Waals surface area contributed by atoms with Crippen LogP contribution in [0.2, 0.25) is 0 Å². The van der Waals surface area contributed by atoms with Gasteiger partial charge in [-0.25, -0.2) is 0 Å². The number of ether oxygens (including phenoxy) is 2. The molecule has 0 radical (unpaired) electrons. The van der Waals surface area contributed by atoms with E-state index in [1.54, 1.807) is 20.3 Å². The molecule has 1 aromatic rings. The van der Waals surface area contributed by atoms with Crippen LogP contribution in [0.5, 0.6) is 11.5 Å². The lowest BCUT2D eigenvalue weighted by atomic mass is 9.84. The van der Waals surface area contributed by atoms with Crippen molar-refractivity contribution in [2.45, 2.75) is 38.6 Å². The zero-order valence-corrected chi connectivity index (χ0v) is 12.7. The van der Waals surface area contributed by atoms with E-state index in [9.17, 15) is 4.79 Å². The van der Waals surface area contributed by atoms with Gasteiger partial charge >= 0.3 is 5.97 Å². The quantitative estimate of drug-likeness (QED) is 0.866. The van der Waals surface area contributed by atoms with Crippen LogP contribution in [0.25, 0.3) is 0 Å². The molecule has 1 atom stereocenters. The Morgan fingerprint density at radius 2 is 1.80 bits per heavy atom. The van der Waals surface area contributed by atoms with Gasteiger partial charge in [0.2, 0.25) is 0 Å². The highest BCUT2D eigenvalue weighted by Gasteiger charge is 2.24. The predicted molar refractivity (Wildman–Crippen MR) is 77.4 cm³/mol. The Bertz CT molecular complexity index is 491. The van der Waals surface area contributed by atoms with Crippen LogP contribution in [0.4, 0.5) is 0 Å². The second-order valence-corrected chi connectivity index (χ2v) is 5.75. The molecule has 0 aliphatic rings. The lowest BCUT2D eigenvalue weighted by Gasteiger charge is -2.25. The van der Waals surface area contributed by atoms with Crippen LogP contribution in [-0.4, -0.2) is 25.3 Å². The summed E-state index contributed by atoms with van der Waals surface area (Å²) in [5, 5.41) is 8.87. The molecule has 1 rings (SSSR count). The van der Waals surface area contributed by atoms with Gasteiger partial charge in [0.25, 0.3) is 0 Å². The van der Waals surface area contributed by atoms with Crippen molar-refractivity contribution >= 4 is 5.97 Å². The molecular formula is C15H23NO4. The Hall–Kier alpha value is -1.75. The molecule has 5 nitrogen and oxygen atoms in total. The molecule has 1 unspecified atom stereocenters. The van der Waals surface area contributed by atoms with Crippen LogP contribution >= 0.6 is 0 Å². The number of carbonyl (C=O) groups is 1. The Morgan fingerprint density at radius 3 is 2.20 bits per heavy atom. The first-order valence-corrected chi connectivity index (χ1v) is 6.44. The van der Waals surface area contributed by atoms with Gasteiger partial charge in [0.05, 0.1) is 20.6 Å². The third kappa shape index (κ3) is 3.63. The van der Waals surface area contributed by atoms with E-state index in [0.29, 0.717) is 17.1 Å². The number of hydrogen-bond donors (Lipinski definition) is 2. The van der Waals surface area contributed by atoms with Crippen molar-refractivity contribution in [3.63, 3.8) is 0 Å². The monoisotopic (exact) mass is 281 g/mol. The molecule has 0 aliphatic carbocycles. The molecule has 0 saturated heterocycles. The van der Waals surface area contributed by atoms with Gasteiger partial charge in [0.15, 0.2) is 0 Å². The molecule has 0 amide bonds. The zero-order chi connectivity index (χ0) is 15.5. The van der Waals surface area contributed by atoms with Gasteiger partial charge in [-0.1, -0.05) is 20.8 Å². The third-order valence-electron chi connectivity index (χ3n) is 3.15. The minimum absolute atomic E-state index is 0.117. The van der Waals surface area contributed by atoms with Crippen molar-refractivity contribution in [1.29, 1.82) is 0 Å². The predicted octanol–water partition coefficient (Wildman–Crippen LogP) is 2.48. The fourth-order valence-electron chi connectivity index (χ4n) is 2.10. The van der Waals surface area contributed by atoms with Crippen LogP contribution in [0.3, 0.4) is 0 Å². The third-order valence-corrected chi connectivity index (χ3v) is 3.15. The number of rotatable bonds is 5. The van der Waals surface area contributed by atoms with Crippen molar-refractivity contribution in [2.75, 3.05) is 14.2 Å². The van der Waals surface area contributed by atoms with Gasteiger partial charge in [-0.3, -0.25) is 4.79 Å². The SMILES string of the molecule is COc1cc(C(C)(C)C)c(OC)cc1C(N)CC(=O)O. The highest BCUT2D eigenvalue weighted by molar-refractivity contribution is 5.68. The van der Waals surface area contributed by atoms with Crippen molar-refractivity contribution in [3.8, 4) is 11.5 Å². The molecule has 0 aromatic heterocycles. The number of hydrogen-bond acceptors (Lipinski definition) is 4. The molecule has 0 spiro atoms. The molecule has 1 aromatic carbocycles. The van der Waals surface area contributed by atoms with E-state index in [1.165, 1.54) is 0 Å². The Labute approximate surface area is 119 Å².